The molecule has 1 aliphatic rings. The third-order valence-electron chi connectivity index (χ3n) is 3.16. The highest BCUT2D eigenvalue weighted by Crippen LogP contribution is 2.18. The van der Waals surface area contributed by atoms with Crippen molar-refractivity contribution in [3.05, 3.63) is 24.3 Å². The zero-order chi connectivity index (χ0) is 15.1. The predicted octanol–water partition coefficient (Wildman–Crippen LogP) is 2.05. The molecule has 1 atom stereocenters. The van der Waals surface area contributed by atoms with Gasteiger partial charge in [0, 0.05) is 18.7 Å². The molecule has 1 aromatic carbocycles. The first-order valence-electron chi connectivity index (χ1n) is 6.99. The average molecular weight is 293 g/mol. The van der Waals surface area contributed by atoms with Gasteiger partial charge in [-0.05, 0) is 37.1 Å². The minimum absolute atomic E-state index is 0.0351. The monoisotopic (exact) mass is 293 g/mol. The third kappa shape index (κ3) is 5.43. The quantitative estimate of drug-likeness (QED) is 0.803. The summed E-state index contributed by atoms with van der Waals surface area (Å²) in [6.07, 6.45) is 2.06. The van der Waals surface area contributed by atoms with Crippen molar-refractivity contribution in [2.24, 2.45) is 0 Å². The average Bonchev–Trinajstić information content (AvgIpc) is 2.98. The molecule has 0 radical (unpaired) electrons. The zero-order valence-corrected chi connectivity index (χ0v) is 11.7. The van der Waals surface area contributed by atoms with Crippen molar-refractivity contribution in [1.29, 1.82) is 0 Å². The predicted molar refractivity (Wildman–Crippen MR) is 76.4 cm³/mol. The molecule has 1 aliphatic heterocycles. The highest BCUT2D eigenvalue weighted by Gasteiger charge is 2.15. The lowest BCUT2D eigenvalue weighted by Gasteiger charge is -2.12. The number of amides is 1. The van der Waals surface area contributed by atoms with Gasteiger partial charge < -0.3 is 19.9 Å². The normalized spacial score (nSPS) is 17.4. The Balaban J connectivity index is 1.75. The van der Waals surface area contributed by atoms with Crippen LogP contribution in [0.5, 0.6) is 5.75 Å². The number of ether oxygens (including phenoxy) is 2. The number of hydrogen-bond donors (Lipinski definition) is 2. The first kappa shape index (κ1) is 15.3. The highest BCUT2D eigenvalue weighted by molar-refractivity contribution is 5.92. The van der Waals surface area contributed by atoms with Gasteiger partial charge in [0.1, 0.15) is 12.4 Å². The SMILES string of the molecule is O=C(O)CCC(=O)Nc1ccc(OC[C@@H]2CCCO2)cc1. The number of carboxylic acid groups (broad SMARTS) is 1. The third-order valence-corrected chi connectivity index (χ3v) is 3.16. The topological polar surface area (TPSA) is 84.9 Å². The first-order chi connectivity index (χ1) is 10.1. The number of aliphatic carboxylic acids is 1. The van der Waals surface area contributed by atoms with Crippen molar-refractivity contribution in [3.63, 3.8) is 0 Å². The van der Waals surface area contributed by atoms with Gasteiger partial charge in [0.2, 0.25) is 5.91 Å². The minimum atomic E-state index is -0.983. The fourth-order valence-corrected chi connectivity index (χ4v) is 2.04. The van der Waals surface area contributed by atoms with E-state index in [4.69, 9.17) is 14.6 Å². The van der Waals surface area contributed by atoms with Gasteiger partial charge in [-0.25, -0.2) is 0 Å². The Morgan fingerprint density at radius 3 is 2.67 bits per heavy atom. The molecule has 2 N–H and O–H groups in total. The van der Waals surface area contributed by atoms with Gasteiger partial charge in [0.25, 0.3) is 0 Å². The summed E-state index contributed by atoms with van der Waals surface area (Å²) in [5, 5.41) is 11.1. The maximum Gasteiger partial charge on any atom is 0.303 e. The molecule has 6 heteroatoms. The number of hydrogen-bond acceptors (Lipinski definition) is 4. The molecule has 0 unspecified atom stereocenters. The number of carbonyl (C=O) groups is 2. The number of rotatable bonds is 7. The molecule has 1 saturated heterocycles. The maximum absolute atomic E-state index is 11.5. The molecular formula is C15H19NO5. The Labute approximate surface area is 123 Å². The van der Waals surface area contributed by atoms with Crippen LogP contribution in [0.15, 0.2) is 24.3 Å². The lowest BCUT2D eigenvalue weighted by atomic mass is 10.2. The second-order valence-electron chi connectivity index (χ2n) is 4.91. The van der Waals surface area contributed by atoms with Crippen LogP contribution in [0.4, 0.5) is 5.69 Å². The number of carboxylic acids is 1. The Bertz CT molecular complexity index is 479. The van der Waals surface area contributed by atoms with Gasteiger partial charge in [-0.3, -0.25) is 9.59 Å². The molecule has 0 aromatic heterocycles. The Morgan fingerprint density at radius 2 is 2.05 bits per heavy atom. The molecule has 1 heterocycles. The fourth-order valence-electron chi connectivity index (χ4n) is 2.04. The van der Waals surface area contributed by atoms with Crippen LogP contribution >= 0.6 is 0 Å². The van der Waals surface area contributed by atoms with E-state index in [9.17, 15) is 9.59 Å². The van der Waals surface area contributed by atoms with Gasteiger partial charge in [-0.15, -0.1) is 0 Å². The number of benzene rings is 1. The highest BCUT2D eigenvalue weighted by atomic mass is 16.5. The van der Waals surface area contributed by atoms with Gasteiger partial charge in [-0.2, -0.15) is 0 Å². The molecule has 1 aromatic rings. The van der Waals surface area contributed by atoms with Gasteiger partial charge in [0.15, 0.2) is 0 Å². The summed E-state index contributed by atoms with van der Waals surface area (Å²) in [6.45, 7) is 1.33. The Morgan fingerprint density at radius 1 is 1.29 bits per heavy atom. The van der Waals surface area contributed by atoms with E-state index in [2.05, 4.69) is 5.32 Å². The molecule has 0 aliphatic carbocycles. The van der Waals surface area contributed by atoms with E-state index in [-0.39, 0.29) is 24.9 Å². The van der Waals surface area contributed by atoms with Crippen molar-refractivity contribution in [3.8, 4) is 5.75 Å². The Kier molecular flexibility index (Phi) is 5.57. The van der Waals surface area contributed by atoms with Gasteiger partial charge in [-0.1, -0.05) is 0 Å². The van der Waals surface area contributed by atoms with E-state index >= 15 is 0 Å². The molecule has 0 bridgehead atoms. The van der Waals surface area contributed by atoms with Crippen molar-refractivity contribution < 1.29 is 24.2 Å². The summed E-state index contributed by atoms with van der Waals surface area (Å²) in [5.41, 5.74) is 0.620. The molecule has 0 saturated carbocycles. The van der Waals surface area contributed by atoms with E-state index in [1.807, 2.05) is 0 Å². The maximum atomic E-state index is 11.5. The van der Waals surface area contributed by atoms with Gasteiger partial charge >= 0.3 is 5.97 Å². The molecule has 0 spiro atoms. The second-order valence-corrected chi connectivity index (χ2v) is 4.91. The number of carbonyl (C=O) groups excluding carboxylic acids is 1. The van der Waals surface area contributed by atoms with E-state index in [0.717, 1.165) is 19.4 Å². The molecule has 21 heavy (non-hydrogen) atoms. The van der Waals surface area contributed by atoms with Crippen LogP contribution in [0, 0.1) is 0 Å². The van der Waals surface area contributed by atoms with Crippen molar-refractivity contribution >= 4 is 17.6 Å². The zero-order valence-electron chi connectivity index (χ0n) is 11.7. The van der Waals surface area contributed by atoms with E-state index in [1.165, 1.54) is 0 Å². The fraction of sp³-hybridized carbons (Fsp3) is 0.467. The molecule has 1 fully saturated rings. The summed E-state index contributed by atoms with van der Waals surface area (Å²) >= 11 is 0. The van der Waals surface area contributed by atoms with E-state index < -0.39 is 5.97 Å². The van der Waals surface area contributed by atoms with Crippen LogP contribution in [0.2, 0.25) is 0 Å². The summed E-state index contributed by atoms with van der Waals surface area (Å²) in [4.78, 5) is 21.9. The summed E-state index contributed by atoms with van der Waals surface area (Å²) in [6, 6.07) is 6.98. The standard InChI is InChI=1S/C15H19NO5/c17-14(7-8-15(18)19)16-11-3-5-12(6-4-11)21-10-13-2-1-9-20-13/h3-6,13H,1-2,7-10H2,(H,16,17)(H,18,19)/t13-/m0/s1. The summed E-state index contributed by atoms with van der Waals surface area (Å²) in [7, 11) is 0. The molecule has 1 amide bonds. The Hall–Kier alpha value is -2.08. The van der Waals surface area contributed by atoms with E-state index in [0.29, 0.717) is 18.0 Å². The second kappa shape index (κ2) is 7.64. The van der Waals surface area contributed by atoms with E-state index in [1.54, 1.807) is 24.3 Å². The largest absolute Gasteiger partial charge is 0.491 e. The molecular weight excluding hydrogens is 274 g/mol. The smallest absolute Gasteiger partial charge is 0.303 e. The molecule has 114 valence electrons. The van der Waals surface area contributed by atoms with Crippen LogP contribution in [0.1, 0.15) is 25.7 Å². The lowest BCUT2D eigenvalue weighted by Crippen LogP contribution is -2.16. The lowest BCUT2D eigenvalue weighted by molar-refractivity contribution is -0.138. The van der Waals surface area contributed by atoms with Crippen molar-refractivity contribution in [2.75, 3.05) is 18.5 Å². The first-order valence-corrected chi connectivity index (χ1v) is 6.99. The number of anilines is 1. The summed E-state index contributed by atoms with van der Waals surface area (Å²) in [5.74, 6) is -0.581. The van der Waals surface area contributed by atoms with Crippen LogP contribution in [0.3, 0.4) is 0 Å². The van der Waals surface area contributed by atoms with Crippen molar-refractivity contribution in [1.82, 2.24) is 0 Å². The summed E-state index contributed by atoms with van der Waals surface area (Å²) < 4.78 is 11.1. The van der Waals surface area contributed by atoms with Crippen LogP contribution in [-0.4, -0.2) is 36.3 Å². The van der Waals surface area contributed by atoms with Crippen LogP contribution in [-0.2, 0) is 14.3 Å². The van der Waals surface area contributed by atoms with Crippen molar-refractivity contribution in [2.45, 2.75) is 31.8 Å². The number of nitrogens with one attached hydrogen (secondary N) is 1. The molecule has 6 nitrogen and oxygen atoms in total. The minimum Gasteiger partial charge on any atom is -0.491 e. The molecule has 2 rings (SSSR count). The van der Waals surface area contributed by atoms with Crippen LogP contribution in [0.25, 0.3) is 0 Å². The van der Waals surface area contributed by atoms with Gasteiger partial charge in [0.05, 0.1) is 12.5 Å². The van der Waals surface area contributed by atoms with Crippen LogP contribution < -0.4 is 10.1 Å².